The van der Waals surface area contributed by atoms with Gasteiger partial charge in [0.25, 0.3) is 5.91 Å². The minimum Gasteiger partial charge on any atom is -0.451 e. The number of aromatic nitrogens is 1. The number of hydrogen-bond donors (Lipinski definition) is 1. The Morgan fingerprint density at radius 2 is 1.90 bits per heavy atom. The molecule has 1 amide bonds. The van der Waals surface area contributed by atoms with E-state index in [0.717, 1.165) is 5.56 Å². The number of likely N-dealkylation sites (N-methyl/N-ethyl adjacent to an activating group) is 1. The van der Waals surface area contributed by atoms with Crippen LogP contribution >= 0.6 is 0 Å². The molecule has 0 aliphatic heterocycles. The van der Waals surface area contributed by atoms with Crippen LogP contribution in [0.25, 0.3) is 0 Å². The number of rotatable bonds is 5. The smallest absolute Gasteiger partial charge is 0.355 e. The molecule has 1 N–H and O–H groups in total. The molecule has 1 aromatic heterocycles. The molecule has 2 rings (SSSR count). The summed E-state index contributed by atoms with van der Waals surface area (Å²) in [6.45, 7) is 0.223. The Hall–Kier alpha value is -2.56. The van der Waals surface area contributed by atoms with Crippen LogP contribution in [0.5, 0.6) is 0 Å². The molecular formula is C15H16N2O3. The lowest BCUT2D eigenvalue weighted by atomic mass is 10.2. The molecule has 0 fully saturated rings. The summed E-state index contributed by atoms with van der Waals surface area (Å²) in [5.74, 6) is -0.773. The Morgan fingerprint density at radius 1 is 1.15 bits per heavy atom. The topological polar surface area (TPSA) is 62.4 Å². The second kappa shape index (κ2) is 6.56. The number of esters is 1. The van der Waals surface area contributed by atoms with Gasteiger partial charge in [0, 0.05) is 19.8 Å². The van der Waals surface area contributed by atoms with E-state index in [1.807, 2.05) is 30.3 Å². The Balaban J connectivity index is 1.81. The first kappa shape index (κ1) is 13.9. The van der Waals surface area contributed by atoms with E-state index in [9.17, 15) is 9.59 Å². The van der Waals surface area contributed by atoms with E-state index in [1.54, 1.807) is 25.4 Å². The standard InChI is InChI=1S/C15H16N2O3/c1-17(10-12-6-3-2-4-7-12)14(18)11-20-15(19)13-8-5-9-16-13/h2-9,16H,10-11H2,1H3. The first-order valence-electron chi connectivity index (χ1n) is 6.25. The molecule has 1 heterocycles. The van der Waals surface area contributed by atoms with Gasteiger partial charge in [-0.1, -0.05) is 30.3 Å². The zero-order valence-corrected chi connectivity index (χ0v) is 11.2. The summed E-state index contributed by atoms with van der Waals surface area (Å²) in [5, 5.41) is 0. The Kier molecular flexibility index (Phi) is 4.55. The molecule has 0 spiro atoms. The summed E-state index contributed by atoms with van der Waals surface area (Å²) < 4.78 is 4.95. The summed E-state index contributed by atoms with van der Waals surface area (Å²) in [5.41, 5.74) is 1.36. The van der Waals surface area contributed by atoms with Crippen LogP contribution in [0.4, 0.5) is 0 Å². The predicted molar refractivity (Wildman–Crippen MR) is 74.0 cm³/mol. The fourth-order valence-electron chi connectivity index (χ4n) is 1.72. The molecule has 104 valence electrons. The molecule has 0 unspecified atom stereocenters. The number of carbonyl (C=O) groups is 2. The van der Waals surface area contributed by atoms with Gasteiger partial charge >= 0.3 is 5.97 Å². The third-order valence-corrected chi connectivity index (χ3v) is 2.83. The highest BCUT2D eigenvalue weighted by Gasteiger charge is 2.13. The zero-order valence-electron chi connectivity index (χ0n) is 11.2. The van der Waals surface area contributed by atoms with Crippen molar-refractivity contribution in [3.63, 3.8) is 0 Å². The lowest BCUT2D eigenvalue weighted by Gasteiger charge is -2.17. The van der Waals surface area contributed by atoms with Gasteiger partial charge in [0.05, 0.1) is 0 Å². The SMILES string of the molecule is CN(Cc1ccccc1)C(=O)COC(=O)c1ccc[nH]1. The molecule has 0 atom stereocenters. The highest BCUT2D eigenvalue weighted by molar-refractivity contribution is 5.89. The first-order valence-corrected chi connectivity index (χ1v) is 6.25. The second-order valence-corrected chi connectivity index (χ2v) is 4.40. The predicted octanol–water partition coefficient (Wildman–Crippen LogP) is 1.83. The minimum absolute atomic E-state index is 0.242. The lowest BCUT2D eigenvalue weighted by Crippen LogP contribution is -2.30. The van der Waals surface area contributed by atoms with Gasteiger partial charge in [0.1, 0.15) is 5.69 Å². The average molecular weight is 272 g/mol. The van der Waals surface area contributed by atoms with Crippen molar-refractivity contribution in [3.05, 3.63) is 59.9 Å². The molecule has 5 heteroatoms. The van der Waals surface area contributed by atoms with E-state index in [0.29, 0.717) is 12.2 Å². The number of hydrogen-bond acceptors (Lipinski definition) is 3. The highest BCUT2D eigenvalue weighted by Crippen LogP contribution is 2.03. The summed E-state index contributed by atoms with van der Waals surface area (Å²) in [4.78, 5) is 27.7. The van der Waals surface area contributed by atoms with E-state index in [-0.39, 0.29) is 12.5 Å². The van der Waals surface area contributed by atoms with Crippen LogP contribution in [0.2, 0.25) is 0 Å². The van der Waals surface area contributed by atoms with Crippen molar-refractivity contribution in [2.45, 2.75) is 6.54 Å². The van der Waals surface area contributed by atoms with Crippen LogP contribution < -0.4 is 0 Å². The van der Waals surface area contributed by atoms with E-state index >= 15 is 0 Å². The van der Waals surface area contributed by atoms with Crippen LogP contribution in [0.15, 0.2) is 48.7 Å². The Labute approximate surface area is 117 Å². The number of nitrogens with zero attached hydrogens (tertiary/aromatic N) is 1. The third-order valence-electron chi connectivity index (χ3n) is 2.83. The van der Waals surface area contributed by atoms with Gasteiger partial charge in [-0.15, -0.1) is 0 Å². The van der Waals surface area contributed by atoms with Gasteiger partial charge < -0.3 is 14.6 Å². The molecule has 2 aromatic rings. The lowest BCUT2D eigenvalue weighted by molar-refractivity contribution is -0.133. The second-order valence-electron chi connectivity index (χ2n) is 4.40. The maximum atomic E-state index is 11.9. The van der Waals surface area contributed by atoms with Crippen molar-refractivity contribution in [2.75, 3.05) is 13.7 Å². The zero-order chi connectivity index (χ0) is 14.4. The molecule has 20 heavy (non-hydrogen) atoms. The van der Waals surface area contributed by atoms with Crippen molar-refractivity contribution in [2.24, 2.45) is 0 Å². The summed E-state index contributed by atoms with van der Waals surface area (Å²) in [7, 11) is 1.68. The molecule has 0 aliphatic carbocycles. The van der Waals surface area contributed by atoms with Crippen molar-refractivity contribution in [1.29, 1.82) is 0 Å². The van der Waals surface area contributed by atoms with E-state index in [2.05, 4.69) is 4.98 Å². The van der Waals surface area contributed by atoms with Gasteiger partial charge in [-0.05, 0) is 17.7 Å². The van der Waals surface area contributed by atoms with Gasteiger partial charge in [0.2, 0.25) is 0 Å². The van der Waals surface area contributed by atoms with Crippen molar-refractivity contribution in [3.8, 4) is 0 Å². The number of amides is 1. The van der Waals surface area contributed by atoms with E-state index in [1.165, 1.54) is 4.90 Å². The number of benzene rings is 1. The molecule has 0 bridgehead atoms. The third kappa shape index (κ3) is 3.71. The Bertz CT molecular complexity index is 564. The van der Waals surface area contributed by atoms with E-state index < -0.39 is 5.97 Å². The van der Waals surface area contributed by atoms with Crippen molar-refractivity contribution >= 4 is 11.9 Å². The highest BCUT2D eigenvalue weighted by atomic mass is 16.5. The summed E-state index contributed by atoms with van der Waals surface area (Å²) in [6.07, 6.45) is 1.62. The minimum atomic E-state index is -0.531. The van der Waals surface area contributed by atoms with Gasteiger partial charge in [-0.2, -0.15) is 0 Å². The summed E-state index contributed by atoms with van der Waals surface area (Å²) >= 11 is 0. The first-order chi connectivity index (χ1) is 9.66. The van der Waals surface area contributed by atoms with E-state index in [4.69, 9.17) is 4.74 Å². The maximum Gasteiger partial charge on any atom is 0.355 e. The largest absolute Gasteiger partial charge is 0.451 e. The fraction of sp³-hybridized carbons (Fsp3) is 0.200. The average Bonchev–Trinajstić information content (AvgIpc) is 2.99. The van der Waals surface area contributed by atoms with Gasteiger partial charge in [-0.3, -0.25) is 4.79 Å². The molecule has 0 saturated heterocycles. The Morgan fingerprint density at radius 3 is 2.55 bits per heavy atom. The molecule has 0 radical (unpaired) electrons. The van der Waals surface area contributed by atoms with Crippen molar-refractivity contribution in [1.82, 2.24) is 9.88 Å². The number of carbonyl (C=O) groups excluding carboxylic acids is 2. The van der Waals surface area contributed by atoms with Crippen LogP contribution in [0.3, 0.4) is 0 Å². The normalized spacial score (nSPS) is 10.1. The monoisotopic (exact) mass is 272 g/mol. The van der Waals surface area contributed by atoms with Crippen LogP contribution in [0.1, 0.15) is 16.1 Å². The molecule has 1 aromatic carbocycles. The van der Waals surface area contributed by atoms with Crippen LogP contribution in [0, 0.1) is 0 Å². The summed E-state index contributed by atoms with van der Waals surface area (Å²) in [6, 6.07) is 12.9. The van der Waals surface area contributed by atoms with Crippen LogP contribution in [-0.2, 0) is 16.1 Å². The van der Waals surface area contributed by atoms with Crippen LogP contribution in [-0.4, -0.2) is 35.4 Å². The molecule has 5 nitrogen and oxygen atoms in total. The van der Waals surface area contributed by atoms with Crippen molar-refractivity contribution < 1.29 is 14.3 Å². The maximum absolute atomic E-state index is 11.9. The quantitative estimate of drug-likeness (QED) is 0.845. The number of ether oxygens (including phenoxy) is 1. The van der Waals surface area contributed by atoms with Gasteiger partial charge in [0.15, 0.2) is 6.61 Å². The fourth-order valence-corrected chi connectivity index (χ4v) is 1.72. The van der Waals surface area contributed by atoms with Gasteiger partial charge in [-0.25, -0.2) is 4.79 Å². The number of aromatic amines is 1. The number of nitrogens with one attached hydrogen (secondary N) is 1. The molecular weight excluding hydrogens is 256 g/mol. The number of H-pyrrole nitrogens is 1. The molecule has 0 aliphatic rings. The molecule has 0 saturated carbocycles.